The molecule has 2 aliphatic rings. The quantitative estimate of drug-likeness (QED) is 0.165. The lowest BCUT2D eigenvalue weighted by Crippen LogP contribution is -2.51. The van der Waals surface area contributed by atoms with E-state index in [1.165, 1.54) is 20.0 Å². The van der Waals surface area contributed by atoms with Crippen molar-refractivity contribution >= 4 is 23.5 Å². The molecule has 12 nitrogen and oxygen atoms in total. The minimum Gasteiger partial charge on any atom is -0.469 e. The SMILES string of the molecule is CCCCCCCC(=O)NCc1cn(CCC(=O)Nc2ccccc2[C@@H]2C[C@H]3[C@@H](CC[C@H](O)[C@@H]3C(=O)OC)CN2C#N)nn1. The van der Waals surface area contributed by atoms with Crippen molar-refractivity contribution in [2.45, 2.75) is 96.4 Å². The van der Waals surface area contributed by atoms with E-state index in [0.717, 1.165) is 31.2 Å². The number of likely N-dealkylation sites (tertiary alicyclic amines) is 1. The Morgan fingerprint density at radius 3 is 2.68 bits per heavy atom. The number of carbonyl (C=O) groups excluding carboxylic acids is 3. The number of para-hydroxylation sites is 1. The van der Waals surface area contributed by atoms with Gasteiger partial charge in [-0.05, 0) is 49.1 Å². The number of nitrogens with zero attached hydrogens (tertiary/aromatic N) is 5. The lowest BCUT2D eigenvalue weighted by molar-refractivity contribution is -0.159. The van der Waals surface area contributed by atoms with Crippen LogP contribution in [-0.2, 0) is 32.2 Å². The second kappa shape index (κ2) is 16.2. The van der Waals surface area contributed by atoms with Gasteiger partial charge in [-0.15, -0.1) is 5.10 Å². The highest BCUT2D eigenvalue weighted by atomic mass is 16.5. The number of nitrogens with one attached hydrogen (secondary N) is 2. The predicted molar refractivity (Wildman–Crippen MR) is 162 cm³/mol. The van der Waals surface area contributed by atoms with Gasteiger partial charge in [-0.3, -0.25) is 19.1 Å². The summed E-state index contributed by atoms with van der Waals surface area (Å²) in [4.78, 5) is 39.4. The van der Waals surface area contributed by atoms with Crippen LogP contribution in [0, 0.1) is 29.2 Å². The third-order valence-corrected chi connectivity index (χ3v) is 8.94. The topological polar surface area (TPSA) is 162 Å². The number of fused-ring (bicyclic) bond motifs is 1. The molecule has 3 N–H and O–H groups in total. The summed E-state index contributed by atoms with van der Waals surface area (Å²) in [5.74, 6) is -1.32. The first kappa shape index (κ1) is 32.9. The minimum atomic E-state index is -0.776. The summed E-state index contributed by atoms with van der Waals surface area (Å²) < 4.78 is 6.61. The Morgan fingerprint density at radius 1 is 1.11 bits per heavy atom. The monoisotopic (exact) mass is 607 g/mol. The van der Waals surface area contributed by atoms with Crippen LogP contribution in [0.3, 0.4) is 0 Å². The molecule has 2 amide bonds. The first-order valence-electron chi connectivity index (χ1n) is 15.8. The Bertz CT molecular complexity index is 1310. The largest absolute Gasteiger partial charge is 0.469 e. The number of aromatic nitrogens is 3. The number of carbonyl (C=O) groups is 3. The van der Waals surface area contributed by atoms with Gasteiger partial charge < -0.3 is 25.4 Å². The summed E-state index contributed by atoms with van der Waals surface area (Å²) in [6, 6.07) is 7.03. The number of methoxy groups -OCH3 is 1. The molecule has 4 rings (SSSR count). The summed E-state index contributed by atoms with van der Waals surface area (Å²) in [5, 5.41) is 34.7. The molecular formula is C32H45N7O5. The zero-order chi connectivity index (χ0) is 31.5. The number of anilines is 1. The number of benzene rings is 1. The zero-order valence-electron chi connectivity index (χ0n) is 25.8. The van der Waals surface area contributed by atoms with Crippen molar-refractivity contribution in [3.8, 4) is 6.19 Å². The van der Waals surface area contributed by atoms with E-state index in [1.54, 1.807) is 15.8 Å². The highest BCUT2D eigenvalue weighted by Crippen LogP contribution is 2.47. The van der Waals surface area contributed by atoms with E-state index in [0.29, 0.717) is 50.3 Å². The molecule has 2 fully saturated rings. The molecule has 12 heteroatoms. The minimum absolute atomic E-state index is 0.00183. The van der Waals surface area contributed by atoms with Crippen LogP contribution in [0.5, 0.6) is 0 Å². The lowest BCUT2D eigenvalue weighted by Gasteiger charge is -2.48. The third kappa shape index (κ3) is 8.56. The van der Waals surface area contributed by atoms with Crippen LogP contribution in [0.15, 0.2) is 30.5 Å². The van der Waals surface area contributed by atoms with Gasteiger partial charge in [-0.25, -0.2) is 0 Å². The normalized spacial score (nSPS) is 22.9. The van der Waals surface area contributed by atoms with Crippen molar-refractivity contribution in [3.63, 3.8) is 0 Å². The molecule has 1 saturated heterocycles. The van der Waals surface area contributed by atoms with Crippen molar-refractivity contribution in [2.24, 2.45) is 17.8 Å². The maximum absolute atomic E-state index is 13.0. The first-order chi connectivity index (χ1) is 21.3. The smallest absolute Gasteiger partial charge is 0.311 e. The molecule has 44 heavy (non-hydrogen) atoms. The second-order valence-corrected chi connectivity index (χ2v) is 11.9. The average Bonchev–Trinajstić information content (AvgIpc) is 3.50. The fourth-order valence-corrected chi connectivity index (χ4v) is 6.59. The molecule has 5 atom stereocenters. The number of piperidine rings is 1. The summed E-state index contributed by atoms with van der Waals surface area (Å²) in [7, 11) is 1.33. The van der Waals surface area contributed by atoms with Gasteiger partial charge in [0.05, 0.1) is 44.5 Å². The van der Waals surface area contributed by atoms with E-state index in [4.69, 9.17) is 4.74 Å². The number of amides is 2. The van der Waals surface area contributed by atoms with Crippen LogP contribution in [0.2, 0.25) is 0 Å². The number of nitriles is 1. The second-order valence-electron chi connectivity index (χ2n) is 11.9. The highest BCUT2D eigenvalue weighted by molar-refractivity contribution is 5.91. The molecule has 1 aromatic heterocycles. The molecular weight excluding hydrogens is 562 g/mol. The number of aryl methyl sites for hydroxylation is 1. The van der Waals surface area contributed by atoms with Crippen molar-refractivity contribution in [3.05, 3.63) is 41.7 Å². The zero-order valence-corrected chi connectivity index (χ0v) is 25.8. The number of esters is 1. The fraction of sp³-hybridized carbons (Fsp3) is 0.625. The van der Waals surface area contributed by atoms with Crippen molar-refractivity contribution in [1.29, 1.82) is 5.26 Å². The van der Waals surface area contributed by atoms with Gasteiger partial charge >= 0.3 is 5.97 Å². The van der Waals surface area contributed by atoms with Gasteiger partial charge in [0.15, 0.2) is 6.19 Å². The third-order valence-electron chi connectivity index (χ3n) is 8.94. The number of unbranched alkanes of at least 4 members (excludes halogenated alkanes) is 4. The maximum atomic E-state index is 13.0. The molecule has 1 aliphatic heterocycles. The first-order valence-corrected chi connectivity index (χ1v) is 15.8. The maximum Gasteiger partial charge on any atom is 0.311 e. The van der Waals surface area contributed by atoms with Gasteiger partial charge in [-0.2, -0.15) is 5.26 Å². The van der Waals surface area contributed by atoms with Crippen LogP contribution in [0.1, 0.15) is 88.4 Å². The van der Waals surface area contributed by atoms with E-state index < -0.39 is 18.0 Å². The summed E-state index contributed by atoms with van der Waals surface area (Å²) >= 11 is 0. The molecule has 1 aromatic carbocycles. The van der Waals surface area contributed by atoms with Crippen molar-refractivity contribution < 1.29 is 24.2 Å². The van der Waals surface area contributed by atoms with Crippen molar-refractivity contribution in [1.82, 2.24) is 25.2 Å². The Morgan fingerprint density at radius 2 is 1.91 bits per heavy atom. The Balaban J connectivity index is 1.32. The summed E-state index contributed by atoms with van der Waals surface area (Å²) in [6.07, 6.45) is 11.1. The average molecular weight is 608 g/mol. The van der Waals surface area contributed by atoms with Crippen LogP contribution < -0.4 is 10.6 Å². The van der Waals surface area contributed by atoms with Gasteiger partial charge in [0, 0.05) is 25.1 Å². The molecule has 2 aromatic rings. The Hall–Kier alpha value is -3.98. The lowest BCUT2D eigenvalue weighted by atomic mass is 9.65. The molecule has 0 bridgehead atoms. The van der Waals surface area contributed by atoms with E-state index in [-0.39, 0.29) is 36.1 Å². The number of ether oxygens (including phenoxy) is 1. The van der Waals surface area contributed by atoms with E-state index in [2.05, 4.69) is 34.1 Å². The molecule has 0 unspecified atom stereocenters. The van der Waals surface area contributed by atoms with Gasteiger partial charge in [0.1, 0.15) is 5.69 Å². The Labute approximate surface area is 259 Å². The number of aliphatic hydroxyl groups excluding tert-OH is 1. The van der Waals surface area contributed by atoms with Crippen LogP contribution in [0.4, 0.5) is 5.69 Å². The van der Waals surface area contributed by atoms with E-state index >= 15 is 0 Å². The van der Waals surface area contributed by atoms with Gasteiger partial charge in [0.2, 0.25) is 11.8 Å². The number of aliphatic hydroxyl groups is 1. The van der Waals surface area contributed by atoms with Gasteiger partial charge in [0.25, 0.3) is 0 Å². The molecule has 1 aliphatic carbocycles. The number of rotatable bonds is 14. The van der Waals surface area contributed by atoms with E-state index in [1.807, 2.05) is 24.3 Å². The van der Waals surface area contributed by atoms with Crippen molar-refractivity contribution in [2.75, 3.05) is 19.0 Å². The molecule has 0 radical (unpaired) electrons. The van der Waals surface area contributed by atoms with Gasteiger partial charge in [-0.1, -0.05) is 56.0 Å². The van der Waals surface area contributed by atoms with Crippen LogP contribution >= 0.6 is 0 Å². The molecule has 238 valence electrons. The molecule has 0 spiro atoms. The standard InChI is InChI=1S/C32H45N7O5/c1-3-4-5-6-7-12-29(41)34-18-23-20-39(37-36-23)16-15-30(42)35-26-11-9-8-10-24(26)27-17-25-22(19-38(27)21-33)13-14-28(40)31(25)32(43)44-2/h8-11,20,22,25,27-28,31,40H,3-7,12-19H2,1-2H3,(H,34,41)(H,35,42)/t22-,25-,27-,28-,31+/m0/s1. The predicted octanol–water partition coefficient (Wildman–Crippen LogP) is 3.69. The summed E-state index contributed by atoms with van der Waals surface area (Å²) in [6.45, 7) is 3.24. The summed E-state index contributed by atoms with van der Waals surface area (Å²) in [5.41, 5.74) is 2.01. The fourth-order valence-electron chi connectivity index (χ4n) is 6.59. The van der Waals surface area contributed by atoms with Crippen LogP contribution in [0.25, 0.3) is 0 Å². The molecule has 1 saturated carbocycles. The highest BCUT2D eigenvalue weighted by Gasteiger charge is 2.48. The number of hydrogen-bond acceptors (Lipinski definition) is 9. The number of hydrogen-bond donors (Lipinski definition) is 3. The van der Waals surface area contributed by atoms with E-state index in [9.17, 15) is 24.8 Å². The van der Waals surface area contributed by atoms with Crippen LogP contribution in [-0.4, -0.2) is 62.5 Å². The molecule has 2 heterocycles. The Kier molecular flexibility index (Phi) is 12.1.